The van der Waals surface area contributed by atoms with Crippen LogP contribution in [0.5, 0.6) is 11.6 Å². The van der Waals surface area contributed by atoms with Crippen LogP contribution in [0.15, 0.2) is 80.4 Å². The second-order valence-corrected chi connectivity index (χ2v) is 8.75. The van der Waals surface area contributed by atoms with Crippen molar-refractivity contribution < 1.29 is 23.1 Å². The van der Waals surface area contributed by atoms with Crippen LogP contribution >= 0.6 is 0 Å². The van der Waals surface area contributed by atoms with Gasteiger partial charge in [0.2, 0.25) is 11.7 Å². The van der Waals surface area contributed by atoms with Crippen molar-refractivity contribution in [2.45, 2.75) is 11.8 Å². The molecule has 0 bridgehead atoms. The standard InChI is InChI=1S/C21H16N4O6S/c1-14-19(9-10-30-14)21(26)15(11-22)12-24-32(2,29)18-6-4-17(5-7-18)31-20-8-3-16(13-23-20)25(27)28/h3-10,12-13H,1-2H3/b15-12+/t32-/m1/s1. The monoisotopic (exact) mass is 452 g/mol. The van der Waals surface area contributed by atoms with Gasteiger partial charge in [-0.3, -0.25) is 14.9 Å². The fourth-order valence-electron chi connectivity index (χ4n) is 2.54. The summed E-state index contributed by atoms with van der Waals surface area (Å²) in [6.07, 6.45) is 4.79. The molecule has 3 aromatic rings. The number of hydrogen-bond donors (Lipinski definition) is 0. The molecule has 0 aliphatic carbocycles. The number of Topliss-reactive ketones (excluding diaryl/α,β-unsaturated/α-hetero) is 1. The lowest BCUT2D eigenvalue weighted by Crippen LogP contribution is -2.03. The quantitative estimate of drug-likeness (QED) is 0.168. The first-order valence-electron chi connectivity index (χ1n) is 9.00. The predicted molar refractivity (Wildman–Crippen MR) is 114 cm³/mol. The Hall–Kier alpha value is -4.30. The first kappa shape index (κ1) is 22.4. The van der Waals surface area contributed by atoms with Crippen molar-refractivity contribution in [3.05, 3.63) is 88.1 Å². The van der Waals surface area contributed by atoms with Gasteiger partial charge < -0.3 is 9.15 Å². The number of carbonyl (C=O) groups is 1. The summed E-state index contributed by atoms with van der Waals surface area (Å²) in [7, 11) is -2.96. The van der Waals surface area contributed by atoms with Crippen molar-refractivity contribution in [2.75, 3.05) is 6.26 Å². The van der Waals surface area contributed by atoms with E-state index in [1.54, 1.807) is 13.0 Å². The summed E-state index contributed by atoms with van der Waals surface area (Å²) < 4.78 is 27.5. The average molecular weight is 452 g/mol. The second kappa shape index (κ2) is 9.23. The number of rotatable bonds is 7. The number of benzene rings is 1. The maximum atomic E-state index is 13.0. The third-order valence-corrected chi connectivity index (χ3v) is 5.92. The van der Waals surface area contributed by atoms with E-state index in [-0.39, 0.29) is 22.7 Å². The number of nitrogens with zero attached hydrogens (tertiary/aromatic N) is 4. The molecule has 2 aromatic heterocycles. The van der Waals surface area contributed by atoms with Gasteiger partial charge in [0, 0.05) is 23.3 Å². The molecule has 0 amide bonds. The molecule has 1 aromatic carbocycles. The molecule has 0 fully saturated rings. The van der Waals surface area contributed by atoms with Crippen LogP contribution in [-0.2, 0) is 9.73 Å². The van der Waals surface area contributed by atoms with Crippen molar-refractivity contribution in [2.24, 2.45) is 4.36 Å². The maximum Gasteiger partial charge on any atom is 0.287 e. The molecule has 0 saturated carbocycles. The Morgan fingerprint density at radius 3 is 2.53 bits per heavy atom. The maximum absolute atomic E-state index is 13.0. The molecule has 11 heteroatoms. The van der Waals surface area contributed by atoms with Crippen molar-refractivity contribution in [1.82, 2.24) is 4.98 Å². The molecule has 3 rings (SSSR count). The van der Waals surface area contributed by atoms with Crippen molar-refractivity contribution in [3.8, 4) is 17.7 Å². The third-order valence-electron chi connectivity index (χ3n) is 4.27. The molecular weight excluding hydrogens is 436 g/mol. The van der Waals surface area contributed by atoms with Crippen molar-refractivity contribution in [3.63, 3.8) is 0 Å². The number of nitriles is 1. The highest BCUT2D eigenvalue weighted by atomic mass is 32.2. The highest BCUT2D eigenvalue weighted by molar-refractivity contribution is 7.93. The second-order valence-electron chi connectivity index (χ2n) is 6.47. The Balaban J connectivity index is 1.79. The molecule has 1 atom stereocenters. The first-order chi connectivity index (χ1) is 15.2. The largest absolute Gasteiger partial charge is 0.469 e. The number of pyridine rings is 1. The van der Waals surface area contributed by atoms with Crippen LogP contribution in [0.2, 0.25) is 0 Å². The topological polar surface area (TPSA) is 149 Å². The van der Waals surface area contributed by atoms with Gasteiger partial charge in [0.1, 0.15) is 29.3 Å². The smallest absolute Gasteiger partial charge is 0.287 e. The minimum absolute atomic E-state index is 0.153. The molecule has 0 radical (unpaired) electrons. The zero-order valence-electron chi connectivity index (χ0n) is 16.9. The van der Waals surface area contributed by atoms with E-state index in [1.165, 1.54) is 55.0 Å². The molecule has 0 saturated heterocycles. The fourth-order valence-corrected chi connectivity index (χ4v) is 3.61. The third kappa shape index (κ3) is 5.05. The van der Waals surface area contributed by atoms with E-state index in [4.69, 9.17) is 9.15 Å². The minimum atomic E-state index is -2.96. The van der Waals surface area contributed by atoms with Crippen LogP contribution in [0, 0.1) is 28.4 Å². The number of ketones is 1. The first-order valence-corrected chi connectivity index (χ1v) is 10.9. The van der Waals surface area contributed by atoms with Gasteiger partial charge in [-0.25, -0.2) is 13.6 Å². The van der Waals surface area contributed by atoms with Gasteiger partial charge in [0.05, 0.1) is 32.7 Å². The lowest BCUT2D eigenvalue weighted by atomic mass is 10.1. The number of aromatic nitrogens is 1. The van der Waals surface area contributed by atoms with Gasteiger partial charge in [0.15, 0.2) is 0 Å². The lowest BCUT2D eigenvalue weighted by Gasteiger charge is -2.07. The number of ether oxygens (including phenoxy) is 1. The van der Waals surface area contributed by atoms with Crippen LogP contribution in [0.25, 0.3) is 0 Å². The van der Waals surface area contributed by atoms with E-state index in [9.17, 15) is 24.4 Å². The van der Waals surface area contributed by atoms with Gasteiger partial charge in [0.25, 0.3) is 5.69 Å². The SMILES string of the molecule is Cc1occc1C(=O)/C(C#N)=C/N=[S@](C)(=O)c1ccc(Oc2ccc([N+](=O)[O-])cn2)cc1. The lowest BCUT2D eigenvalue weighted by molar-refractivity contribution is -0.385. The summed E-state index contributed by atoms with van der Waals surface area (Å²) in [5.41, 5.74) is -0.198. The number of hydrogen-bond acceptors (Lipinski definition) is 9. The molecule has 10 nitrogen and oxygen atoms in total. The summed E-state index contributed by atoms with van der Waals surface area (Å²) in [6, 6.07) is 12.0. The van der Waals surface area contributed by atoms with E-state index in [0.717, 1.165) is 12.4 Å². The molecule has 0 unspecified atom stereocenters. The van der Waals surface area contributed by atoms with Crippen LogP contribution in [0.4, 0.5) is 5.69 Å². The van der Waals surface area contributed by atoms with E-state index in [0.29, 0.717) is 16.4 Å². The molecule has 0 aliphatic heterocycles. The van der Waals surface area contributed by atoms with Crippen LogP contribution in [-0.4, -0.2) is 26.2 Å². The minimum Gasteiger partial charge on any atom is -0.469 e. The summed E-state index contributed by atoms with van der Waals surface area (Å²) in [4.78, 5) is 26.7. The van der Waals surface area contributed by atoms with E-state index < -0.39 is 20.4 Å². The number of allylic oxidation sites excluding steroid dienone is 1. The van der Waals surface area contributed by atoms with Gasteiger partial charge in [-0.05, 0) is 37.3 Å². The molecule has 0 spiro atoms. The van der Waals surface area contributed by atoms with E-state index in [1.807, 2.05) is 0 Å². The van der Waals surface area contributed by atoms with Crippen LogP contribution in [0.1, 0.15) is 16.1 Å². The van der Waals surface area contributed by atoms with E-state index >= 15 is 0 Å². The summed E-state index contributed by atoms with van der Waals surface area (Å²) in [5.74, 6) is 0.313. The highest BCUT2D eigenvalue weighted by Crippen LogP contribution is 2.23. The number of nitro groups is 1. The zero-order valence-corrected chi connectivity index (χ0v) is 17.7. The Kier molecular flexibility index (Phi) is 6.46. The van der Waals surface area contributed by atoms with Crippen LogP contribution in [0.3, 0.4) is 0 Å². The van der Waals surface area contributed by atoms with Gasteiger partial charge >= 0.3 is 0 Å². The number of carbonyl (C=O) groups excluding carboxylic acids is 1. The van der Waals surface area contributed by atoms with Gasteiger partial charge in [-0.15, -0.1) is 0 Å². The van der Waals surface area contributed by atoms with Crippen molar-refractivity contribution >= 4 is 21.2 Å². The van der Waals surface area contributed by atoms with Gasteiger partial charge in [-0.2, -0.15) is 5.26 Å². The molecule has 0 N–H and O–H groups in total. The van der Waals surface area contributed by atoms with E-state index in [2.05, 4.69) is 9.35 Å². The summed E-state index contributed by atoms with van der Waals surface area (Å²) >= 11 is 0. The molecule has 2 heterocycles. The van der Waals surface area contributed by atoms with Crippen LogP contribution < -0.4 is 4.74 Å². The summed E-state index contributed by atoms with van der Waals surface area (Å²) in [5, 5.41) is 20.0. The average Bonchev–Trinajstić information content (AvgIpc) is 3.20. The Morgan fingerprint density at radius 1 is 1.28 bits per heavy atom. The fraction of sp³-hybridized carbons (Fsp3) is 0.0952. The number of aryl methyl sites for hydroxylation is 1. The molecule has 0 aliphatic rings. The predicted octanol–water partition coefficient (Wildman–Crippen LogP) is 4.43. The molecule has 162 valence electrons. The Labute approximate surface area is 183 Å². The van der Waals surface area contributed by atoms with Gasteiger partial charge in [-0.1, -0.05) is 0 Å². The molecule has 32 heavy (non-hydrogen) atoms. The summed E-state index contributed by atoms with van der Waals surface area (Å²) in [6.45, 7) is 1.60. The normalized spacial score (nSPS) is 13.0. The zero-order chi connectivity index (χ0) is 23.3. The highest BCUT2D eigenvalue weighted by Gasteiger charge is 2.17. The Bertz CT molecular complexity index is 1360. The molecular formula is C21H16N4O6S. The number of furan rings is 1. The Morgan fingerprint density at radius 2 is 2.00 bits per heavy atom. The van der Waals surface area contributed by atoms with Crippen molar-refractivity contribution in [1.29, 1.82) is 5.26 Å².